The molecule has 5 rings (SSSR count). The number of pyridine rings is 2. The summed E-state index contributed by atoms with van der Waals surface area (Å²) in [6.45, 7) is 0. The molecule has 1 aliphatic rings. The van der Waals surface area contributed by atoms with Gasteiger partial charge in [0, 0.05) is 36.5 Å². The number of aryl methyl sites for hydroxylation is 1. The van der Waals surface area contributed by atoms with Crippen LogP contribution >= 0.6 is 0 Å². The average Bonchev–Trinajstić information content (AvgIpc) is 3.27. The highest BCUT2D eigenvalue weighted by atomic mass is 19.1. The zero-order chi connectivity index (χ0) is 27.0. The summed E-state index contributed by atoms with van der Waals surface area (Å²) in [5.74, 6) is -2.06. The second-order valence-electron chi connectivity index (χ2n) is 9.31. The van der Waals surface area contributed by atoms with Crippen LogP contribution in [0.25, 0.3) is 22.3 Å². The normalized spacial score (nSPS) is 17.3. The fourth-order valence-corrected chi connectivity index (χ4v) is 4.59. The first kappa shape index (κ1) is 25.0. The van der Waals surface area contributed by atoms with E-state index in [2.05, 4.69) is 30.9 Å². The van der Waals surface area contributed by atoms with Crippen LogP contribution in [0, 0.1) is 5.82 Å². The third-order valence-corrected chi connectivity index (χ3v) is 6.70. The number of carbonyl (C=O) groups is 2. The maximum Gasteiger partial charge on any atom is 0.255 e. The standard InChI is InChI=1S/C25H27FN10O2/c1-36-20-7-6-12(8-18(20)34-35-36)25(38)32-19-9-13(11-30-22(19)28)21-14(23(29)37)10-15(26)24(33-21)31-17-5-3-2-4-16(17)27/h6-11,16-17H,2-5,27H2,1H3,(H2,28,30)(H2,29,37)(H,31,33)(H,32,38). The Morgan fingerprint density at radius 2 is 1.95 bits per heavy atom. The molecule has 1 fully saturated rings. The second-order valence-corrected chi connectivity index (χ2v) is 9.31. The van der Waals surface area contributed by atoms with E-state index in [1.165, 1.54) is 12.3 Å². The summed E-state index contributed by atoms with van der Waals surface area (Å²) in [6.07, 6.45) is 4.95. The molecule has 13 heteroatoms. The molecule has 0 radical (unpaired) electrons. The number of fused-ring (bicyclic) bond motifs is 1. The molecule has 12 nitrogen and oxygen atoms in total. The molecule has 1 aliphatic carbocycles. The Hall–Kier alpha value is -4.65. The van der Waals surface area contributed by atoms with Crippen LogP contribution in [-0.4, -0.2) is 48.9 Å². The Bertz CT molecular complexity index is 1550. The molecule has 1 aromatic carbocycles. The van der Waals surface area contributed by atoms with E-state index in [0.29, 0.717) is 16.6 Å². The topological polar surface area (TPSA) is 193 Å². The van der Waals surface area contributed by atoms with Crippen molar-refractivity contribution in [2.75, 3.05) is 16.4 Å². The number of hydrogen-bond donors (Lipinski definition) is 5. The number of benzene rings is 1. The molecule has 2 amide bonds. The smallest absolute Gasteiger partial charge is 0.255 e. The van der Waals surface area contributed by atoms with Gasteiger partial charge in [-0.25, -0.2) is 19.0 Å². The number of primary amides is 1. The predicted molar refractivity (Wildman–Crippen MR) is 141 cm³/mol. The van der Waals surface area contributed by atoms with Crippen LogP contribution in [0.5, 0.6) is 0 Å². The first-order chi connectivity index (χ1) is 18.2. The van der Waals surface area contributed by atoms with Gasteiger partial charge in [0.2, 0.25) is 0 Å². The van der Waals surface area contributed by atoms with Crippen LogP contribution in [0.2, 0.25) is 0 Å². The number of nitrogens with zero attached hydrogens (tertiary/aromatic N) is 5. The van der Waals surface area contributed by atoms with Gasteiger partial charge in [-0.1, -0.05) is 18.1 Å². The Balaban J connectivity index is 1.48. The van der Waals surface area contributed by atoms with E-state index < -0.39 is 17.6 Å². The molecule has 0 aliphatic heterocycles. The van der Waals surface area contributed by atoms with Crippen LogP contribution in [0.4, 0.5) is 21.7 Å². The van der Waals surface area contributed by atoms with Crippen molar-refractivity contribution in [3.8, 4) is 11.3 Å². The van der Waals surface area contributed by atoms with Crippen molar-refractivity contribution < 1.29 is 14.0 Å². The molecule has 2 unspecified atom stereocenters. The minimum atomic E-state index is -0.869. The number of hydrogen-bond acceptors (Lipinski definition) is 9. The van der Waals surface area contributed by atoms with E-state index in [-0.39, 0.29) is 40.7 Å². The predicted octanol–water partition coefficient (Wildman–Crippen LogP) is 2.18. The Morgan fingerprint density at radius 1 is 1.16 bits per heavy atom. The first-order valence-electron chi connectivity index (χ1n) is 12.1. The number of carbonyl (C=O) groups excluding carboxylic acids is 2. The minimum Gasteiger partial charge on any atom is -0.382 e. The van der Waals surface area contributed by atoms with Crippen LogP contribution in [-0.2, 0) is 7.05 Å². The summed E-state index contributed by atoms with van der Waals surface area (Å²) in [7, 11) is 1.75. The Morgan fingerprint density at radius 3 is 2.71 bits per heavy atom. The van der Waals surface area contributed by atoms with E-state index in [9.17, 15) is 14.0 Å². The molecule has 0 bridgehead atoms. The zero-order valence-electron chi connectivity index (χ0n) is 20.6. The maximum atomic E-state index is 14.9. The lowest BCUT2D eigenvalue weighted by Gasteiger charge is -2.30. The van der Waals surface area contributed by atoms with Crippen molar-refractivity contribution in [3.63, 3.8) is 0 Å². The lowest BCUT2D eigenvalue weighted by atomic mass is 9.91. The van der Waals surface area contributed by atoms with Crippen LogP contribution in [0.15, 0.2) is 36.5 Å². The van der Waals surface area contributed by atoms with Gasteiger partial charge in [-0.3, -0.25) is 9.59 Å². The maximum absolute atomic E-state index is 14.9. The average molecular weight is 519 g/mol. The summed E-state index contributed by atoms with van der Waals surface area (Å²) >= 11 is 0. The number of nitrogens with one attached hydrogen (secondary N) is 2. The van der Waals surface area contributed by atoms with E-state index in [4.69, 9.17) is 17.2 Å². The molecule has 4 aromatic rings. The van der Waals surface area contributed by atoms with Crippen molar-refractivity contribution in [3.05, 3.63) is 53.5 Å². The highest BCUT2D eigenvalue weighted by Gasteiger charge is 2.25. The molecule has 2 atom stereocenters. The molecular weight excluding hydrogens is 491 g/mol. The Labute approximate surface area is 216 Å². The number of anilines is 3. The monoisotopic (exact) mass is 518 g/mol. The molecule has 3 aromatic heterocycles. The van der Waals surface area contributed by atoms with Crippen LogP contribution in [0.3, 0.4) is 0 Å². The number of nitrogens with two attached hydrogens (primary N) is 3. The SMILES string of the molecule is Cn1nnc2cc(C(=O)Nc3cc(-c4nc(NC5CCCCC5N)c(F)cc4C(N)=O)cnc3N)ccc21. The fraction of sp³-hybridized carbons (Fsp3) is 0.280. The van der Waals surface area contributed by atoms with E-state index in [1.807, 2.05) is 0 Å². The minimum absolute atomic E-state index is 0.0388. The van der Waals surface area contributed by atoms with E-state index in [0.717, 1.165) is 37.3 Å². The lowest BCUT2D eigenvalue weighted by molar-refractivity contribution is 0.0997. The van der Waals surface area contributed by atoms with Crippen molar-refractivity contribution in [1.82, 2.24) is 25.0 Å². The largest absolute Gasteiger partial charge is 0.382 e. The molecule has 0 spiro atoms. The Kier molecular flexibility index (Phi) is 6.59. The first-order valence-corrected chi connectivity index (χ1v) is 12.1. The summed E-state index contributed by atoms with van der Waals surface area (Å²) in [6, 6.07) is 7.20. The number of rotatable bonds is 6. The van der Waals surface area contributed by atoms with Gasteiger partial charge in [0.25, 0.3) is 11.8 Å². The van der Waals surface area contributed by atoms with Gasteiger partial charge in [0.1, 0.15) is 11.3 Å². The third kappa shape index (κ3) is 4.83. The van der Waals surface area contributed by atoms with Crippen molar-refractivity contribution in [2.45, 2.75) is 37.8 Å². The van der Waals surface area contributed by atoms with Gasteiger partial charge in [-0.2, -0.15) is 0 Å². The highest BCUT2D eigenvalue weighted by molar-refractivity contribution is 6.07. The molecule has 38 heavy (non-hydrogen) atoms. The van der Waals surface area contributed by atoms with Crippen LogP contribution in [0.1, 0.15) is 46.4 Å². The number of aromatic nitrogens is 5. The molecule has 8 N–H and O–H groups in total. The highest BCUT2D eigenvalue weighted by Crippen LogP contribution is 2.30. The van der Waals surface area contributed by atoms with E-state index in [1.54, 1.807) is 29.9 Å². The molecule has 196 valence electrons. The quantitative estimate of drug-likeness (QED) is 0.254. The summed E-state index contributed by atoms with van der Waals surface area (Å²) in [5.41, 5.74) is 19.9. The molecule has 3 heterocycles. The van der Waals surface area contributed by atoms with Crippen LogP contribution < -0.4 is 27.8 Å². The van der Waals surface area contributed by atoms with Crippen molar-refractivity contribution in [2.24, 2.45) is 18.5 Å². The summed E-state index contributed by atoms with van der Waals surface area (Å²) in [5, 5.41) is 13.8. The van der Waals surface area contributed by atoms with Gasteiger partial charge in [-0.15, -0.1) is 5.10 Å². The molecule has 0 saturated heterocycles. The van der Waals surface area contributed by atoms with Gasteiger partial charge in [0.05, 0.1) is 22.5 Å². The fourth-order valence-electron chi connectivity index (χ4n) is 4.59. The summed E-state index contributed by atoms with van der Waals surface area (Å²) < 4.78 is 16.5. The number of amides is 2. The number of nitrogen functional groups attached to an aromatic ring is 1. The number of halogens is 1. The van der Waals surface area contributed by atoms with Gasteiger partial charge in [0.15, 0.2) is 11.6 Å². The van der Waals surface area contributed by atoms with Gasteiger partial charge in [-0.05, 0) is 43.2 Å². The zero-order valence-corrected chi connectivity index (χ0v) is 20.6. The van der Waals surface area contributed by atoms with Gasteiger partial charge < -0.3 is 27.8 Å². The van der Waals surface area contributed by atoms with Crippen molar-refractivity contribution >= 4 is 40.2 Å². The second kappa shape index (κ2) is 10.0. The molecule has 1 saturated carbocycles. The van der Waals surface area contributed by atoms with Gasteiger partial charge >= 0.3 is 0 Å². The lowest BCUT2D eigenvalue weighted by Crippen LogP contribution is -2.43. The van der Waals surface area contributed by atoms with Crippen molar-refractivity contribution in [1.29, 1.82) is 0 Å². The summed E-state index contributed by atoms with van der Waals surface area (Å²) in [4.78, 5) is 33.7. The third-order valence-electron chi connectivity index (χ3n) is 6.70. The molecular formula is C25H27FN10O2. The van der Waals surface area contributed by atoms with E-state index >= 15 is 0 Å².